The maximum Gasteiger partial charge on any atom is 0.270 e. The Morgan fingerprint density at radius 1 is 1.41 bits per heavy atom. The van der Waals surface area contributed by atoms with E-state index >= 15 is 0 Å². The molecule has 0 saturated heterocycles. The minimum Gasteiger partial charge on any atom is -0.491 e. The lowest BCUT2D eigenvalue weighted by Crippen LogP contribution is -2.26. The quantitative estimate of drug-likeness (QED) is 0.702. The van der Waals surface area contributed by atoms with Crippen molar-refractivity contribution in [1.82, 2.24) is 14.9 Å². The van der Waals surface area contributed by atoms with E-state index in [4.69, 9.17) is 10.5 Å². The zero-order valence-corrected chi connectivity index (χ0v) is 15.7. The molecule has 2 heterocycles. The van der Waals surface area contributed by atoms with Crippen molar-refractivity contribution in [1.29, 1.82) is 0 Å². The predicted molar refractivity (Wildman–Crippen MR) is 98.8 cm³/mol. The standard InChI is InChI=1S/C19H17FN4O5/c1-22-19(27)16-15(17(21)26)23-18-12-7-10(3-4-11(25)9-28-2)13(20)8-14(12)29-6-5-24(16)18/h7-8H,5-6,9H2,1-2H3,(H2,21,26)(H,22,27). The van der Waals surface area contributed by atoms with Gasteiger partial charge in [-0.3, -0.25) is 14.4 Å². The highest BCUT2D eigenvalue weighted by Crippen LogP contribution is 2.35. The molecular weight excluding hydrogens is 383 g/mol. The van der Waals surface area contributed by atoms with E-state index in [1.54, 1.807) is 0 Å². The fourth-order valence-corrected chi connectivity index (χ4v) is 2.89. The number of imidazole rings is 1. The number of amides is 2. The van der Waals surface area contributed by atoms with Crippen LogP contribution in [0.3, 0.4) is 0 Å². The summed E-state index contributed by atoms with van der Waals surface area (Å²) in [4.78, 5) is 39.9. The molecule has 0 saturated carbocycles. The van der Waals surface area contributed by atoms with Crippen LogP contribution in [0.4, 0.5) is 4.39 Å². The molecule has 1 aliphatic rings. The van der Waals surface area contributed by atoms with Gasteiger partial charge in [-0.15, -0.1) is 0 Å². The third kappa shape index (κ3) is 3.81. The first-order chi connectivity index (χ1) is 13.9. The Balaban J connectivity index is 2.20. The van der Waals surface area contributed by atoms with Gasteiger partial charge in [0.15, 0.2) is 5.69 Å². The van der Waals surface area contributed by atoms with E-state index in [0.717, 1.165) is 6.07 Å². The molecule has 0 aliphatic carbocycles. The van der Waals surface area contributed by atoms with Crippen LogP contribution in [0.2, 0.25) is 0 Å². The Labute approximate surface area is 165 Å². The summed E-state index contributed by atoms with van der Waals surface area (Å²) in [5, 5.41) is 2.44. The van der Waals surface area contributed by atoms with Crippen LogP contribution in [-0.4, -0.2) is 54.5 Å². The van der Waals surface area contributed by atoms with E-state index in [1.807, 2.05) is 0 Å². The summed E-state index contributed by atoms with van der Waals surface area (Å²) in [7, 11) is 2.76. The van der Waals surface area contributed by atoms with Crippen molar-refractivity contribution in [2.75, 3.05) is 27.4 Å². The molecule has 1 aromatic carbocycles. The first kappa shape index (κ1) is 20.0. The smallest absolute Gasteiger partial charge is 0.270 e. The summed E-state index contributed by atoms with van der Waals surface area (Å²) in [5.41, 5.74) is 5.40. The molecule has 9 nitrogen and oxygen atoms in total. The number of aromatic nitrogens is 2. The zero-order valence-electron chi connectivity index (χ0n) is 15.7. The number of hydrogen-bond donors (Lipinski definition) is 2. The fraction of sp³-hybridized carbons (Fsp3) is 0.263. The average molecular weight is 400 g/mol. The van der Waals surface area contributed by atoms with Crippen molar-refractivity contribution >= 4 is 17.6 Å². The van der Waals surface area contributed by atoms with Crippen molar-refractivity contribution in [2.24, 2.45) is 5.73 Å². The summed E-state index contributed by atoms with van der Waals surface area (Å²) < 4.78 is 26.2. The molecule has 0 spiro atoms. The highest BCUT2D eigenvalue weighted by molar-refractivity contribution is 6.05. The molecule has 0 atom stereocenters. The van der Waals surface area contributed by atoms with Gasteiger partial charge in [0.2, 0.25) is 5.78 Å². The summed E-state index contributed by atoms with van der Waals surface area (Å²) >= 11 is 0. The Hall–Kier alpha value is -3.71. The van der Waals surface area contributed by atoms with E-state index in [1.165, 1.54) is 24.8 Å². The summed E-state index contributed by atoms with van der Waals surface area (Å²) in [5.74, 6) is 2.49. The minimum absolute atomic E-state index is 0.0151. The van der Waals surface area contributed by atoms with Gasteiger partial charge < -0.3 is 25.1 Å². The molecule has 0 radical (unpaired) electrons. The first-order valence-corrected chi connectivity index (χ1v) is 8.50. The molecule has 0 unspecified atom stereocenters. The number of ether oxygens (including phenoxy) is 2. The fourth-order valence-electron chi connectivity index (χ4n) is 2.89. The molecule has 1 aromatic heterocycles. The number of hydrogen-bond acceptors (Lipinski definition) is 6. The average Bonchev–Trinajstić information content (AvgIpc) is 2.98. The van der Waals surface area contributed by atoms with Gasteiger partial charge in [0.05, 0.1) is 17.7 Å². The maximum absolute atomic E-state index is 14.4. The maximum atomic E-state index is 14.4. The number of Topliss-reactive ketones (excluding diaryl/α,β-unsaturated/α-hetero) is 1. The Morgan fingerprint density at radius 2 is 2.17 bits per heavy atom. The second-order valence-electron chi connectivity index (χ2n) is 6.01. The van der Waals surface area contributed by atoms with Crippen LogP contribution >= 0.6 is 0 Å². The lowest BCUT2D eigenvalue weighted by atomic mass is 10.1. The first-order valence-electron chi connectivity index (χ1n) is 8.50. The molecule has 0 fully saturated rings. The van der Waals surface area contributed by atoms with Crippen LogP contribution in [0.5, 0.6) is 5.75 Å². The van der Waals surface area contributed by atoms with Gasteiger partial charge in [0, 0.05) is 20.2 Å². The van der Waals surface area contributed by atoms with Gasteiger partial charge in [-0.05, 0) is 12.0 Å². The van der Waals surface area contributed by atoms with Gasteiger partial charge in [-0.25, -0.2) is 9.37 Å². The van der Waals surface area contributed by atoms with Crippen molar-refractivity contribution in [2.45, 2.75) is 6.54 Å². The number of nitrogens with two attached hydrogens (primary N) is 1. The van der Waals surface area contributed by atoms with E-state index < -0.39 is 23.4 Å². The third-order valence-corrected chi connectivity index (χ3v) is 4.14. The largest absolute Gasteiger partial charge is 0.491 e. The number of carbonyl (C=O) groups is 3. The molecular formula is C19H17FN4O5. The normalized spacial score (nSPS) is 11.8. The van der Waals surface area contributed by atoms with Gasteiger partial charge in [-0.1, -0.05) is 5.92 Å². The number of benzene rings is 1. The molecule has 0 bridgehead atoms. The summed E-state index contributed by atoms with van der Waals surface area (Å²) in [6, 6.07) is 2.47. The van der Waals surface area contributed by atoms with Crippen LogP contribution in [-0.2, 0) is 16.1 Å². The molecule has 150 valence electrons. The van der Waals surface area contributed by atoms with Crippen LogP contribution in [0.1, 0.15) is 26.5 Å². The molecule has 2 aromatic rings. The Bertz CT molecular complexity index is 1080. The number of fused-ring (bicyclic) bond motifs is 3. The van der Waals surface area contributed by atoms with Crippen molar-refractivity contribution in [3.63, 3.8) is 0 Å². The second kappa shape index (κ2) is 8.12. The van der Waals surface area contributed by atoms with Crippen molar-refractivity contribution in [3.8, 4) is 29.0 Å². The zero-order chi connectivity index (χ0) is 21.1. The molecule has 10 heteroatoms. The van der Waals surface area contributed by atoms with Crippen LogP contribution in [0, 0.1) is 17.7 Å². The lowest BCUT2D eigenvalue weighted by Gasteiger charge is -2.08. The third-order valence-electron chi connectivity index (χ3n) is 4.14. The number of halogens is 1. The number of rotatable bonds is 4. The SMILES string of the molecule is CNC(=O)c1c(C(N)=O)nc2n1CCOc1cc(F)c(C#CC(=O)COC)cc1-2. The van der Waals surface area contributed by atoms with E-state index in [0.29, 0.717) is 5.56 Å². The summed E-state index contributed by atoms with van der Waals surface area (Å²) in [6.45, 7) is 0.0713. The molecule has 2 amide bonds. The molecule has 1 aliphatic heterocycles. The highest BCUT2D eigenvalue weighted by Gasteiger charge is 2.29. The monoisotopic (exact) mass is 400 g/mol. The summed E-state index contributed by atoms with van der Waals surface area (Å²) in [6.07, 6.45) is 0. The van der Waals surface area contributed by atoms with E-state index in [-0.39, 0.29) is 48.3 Å². The van der Waals surface area contributed by atoms with Gasteiger partial charge >= 0.3 is 0 Å². The number of nitrogens with one attached hydrogen (secondary N) is 1. The van der Waals surface area contributed by atoms with Crippen LogP contribution in [0.15, 0.2) is 12.1 Å². The van der Waals surface area contributed by atoms with Crippen molar-refractivity contribution in [3.05, 3.63) is 34.9 Å². The van der Waals surface area contributed by atoms with Gasteiger partial charge in [0.25, 0.3) is 11.8 Å². The van der Waals surface area contributed by atoms with Gasteiger partial charge in [0.1, 0.15) is 36.3 Å². The molecule has 3 rings (SSSR count). The van der Waals surface area contributed by atoms with Crippen molar-refractivity contribution < 1.29 is 28.2 Å². The molecule has 29 heavy (non-hydrogen) atoms. The molecule has 3 N–H and O–H groups in total. The van der Waals surface area contributed by atoms with E-state index in [9.17, 15) is 18.8 Å². The Morgan fingerprint density at radius 3 is 2.83 bits per heavy atom. The predicted octanol–water partition coefficient (Wildman–Crippen LogP) is 0.107. The Kier molecular flexibility index (Phi) is 5.61. The topological polar surface area (TPSA) is 126 Å². The van der Waals surface area contributed by atoms with Crippen LogP contribution in [0.25, 0.3) is 11.4 Å². The van der Waals surface area contributed by atoms with E-state index in [2.05, 4.69) is 26.9 Å². The van der Waals surface area contributed by atoms with Gasteiger partial charge in [-0.2, -0.15) is 0 Å². The number of methoxy groups -OCH3 is 1. The van der Waals surface area contributed by atoms with Crippen LogP contribution < -0.4 is 15.8 Å². The second-order valence-corrected chi connectivity index (χ2v) is 6.01. The lowest BCUT2D eigenvalue weighted by molar-refractivity contribution is -0.117. The minimum atomic E-state index is -0.876. The number of primary amides is 1. The number of nitrogens with zero attached hydrogens (tertiary/aromatic N) is 2. The highest BCUT2D eigenvalue weighted by atomic mass is 19.1. The number of ketones is 1. The number of carbonyl (C=O) groups excluding carboxylic acids is 3.